The fraction of sp³-hybridized carbons (Fsp3) is 0.127. The molecule has 3 heterocycles. The van der Waals surface area contributed by atoms with Crippen molar-refractivity contribution in [1.82, 2.24) is 0 Å². The molecule has 13 rings (SSSR count). The zero-order valence-corrected chi connectivity index (χ0v) is 44.3. The first kappa shape index (κ1) is 47.0. The second-order valence-electron chi connectivity index (χ2n) is 22.1. The highest BCUT2D eigenvalue weighted by atomic mass is 16.3. The summed E-state index contributed by atoms with van der Waals surface area (Å²) in [5, 5.41) is 1.09. The minimum atomic E-state index is -0.110. The first-order valence-electron chi connectivity index (χ1n) is 26.8. The Hall–Kier alpha value is -8.80. The van der Waals surface area contributed by atoms with Crippen LogP contribution in [0.2, 0.25) is 0 Å². The number of hydrogen-bond donors (Lipinski definition) is 0. The molecular weight excluding hydrogens is 922 g/mol. The van der Waals surface area contributed by atoms with Crippen molar-refractivity contribution in [1.29, 1.82) is 0 Å². The van der Waals surface area contributed by atoms with Gasteiger partial charge in [-0.15, -0.1) is 0 Å². The van der Waals surface area contributed by atoms with Gasteiger partial charge in [0.1, 0.15) is 11.3 Å². The second-order valence-corrected chi connectivity index (χ2v) is 22.1. The Bertz CT molecular complexity index is 3890. The number of para-hydroxylation sites is 3. The Morgan fingerprint density at radius 2 is 1.00 bits per heavy atom. The molecule has 0 fully saturated rings. The summed E-state index contributed by atoms with van der Waals surface area (Å²) in [7, 11) is 0. The van der Waals surface area contributed by atoms with Gasteiger partial charge in [-0.3, -0.25) is 0 Å². The van der Waals surface area contributed by atoms with Crippen LogP contribution in [0.4, 0.5) is 51.2 Å². The van der Waals surface area contributed by atoms with Crippen LogP contribution < -0.4 is 31.1 Å². The molecule has 0 aliphatic carbocycles. The molecule has 1 aromatic heterocycles. The van der Waals surface area contributed by atoms with E-state index in [2.05, 4.69) is 282 Å². The Morgan fingerprint density at radius 3 is 1.66 bits per heavy atom. The van der Waals surface area contributed by atoms with Crippen molar-refractivity contribution in [2.75, 3.05) is 14.7 Å². The molecule has 0 spiro atoms. The number of benzene rings is 10. The van der Waals surface area contributed by atoms with Gasteiger partial charge in [-0.1, -0.05) is 174 Å². The lowest BCUT2D eigenvalue weighted by molar-refractivity contribution is 0.591. The van der Waals surface area contributed by atoms with E-state index < -0.39 is 0 Å². The molecule has 2 aliphatic heterocycles. The molecule has 76 heavy (non-hydrogen) atoms. The molecule has 0 saturated carbocycles. The summed E-state index contributed by atoms with van der Waals surface area (Å²) in [6.45, 7) is 16.1. The average Bonchev–Trinajstić information content (AvgIpc) is 3.96. The van der Waals surface area contributed by atoms with Gasteiger partial charge in [-0.05, 0) is 177 Å². The van der Waals surface area contributed by atoms with Gasteiger partial charge in [-0.25, -0.2) is 0 Å². The summed E-state index contributed by atoms with van der Waals surface area (Å²) in [6, 6.07) is 85.2. The van der Waals surface area contributed by atoms with Crippen molar-refractivity contribution < 1.29 is 4.42 Å². The van der Waals surface area contributed by atoms with Gasteiger partial charge >= 0.3 is 0 Å². The van der Waals surface area contributed by atoms with Gasteiger partial charge in [0.2, 0.25) is 0 Å². The molecule has 10 aromatic carbocycles. The predicted octanol–water partition coefficient (Wildman–Crippen LogP) is 18.0. The summed E-state index contributed by atoms with van der Waals surface area (Å²) in [4.78, 5) is 7.61. The summed E-state index contributed by atoms with van der Waals surface area (Å²) < 4.78 is 6.49. The van der Waals surface area contributed by atoms with Crippen molar-refractivity contribution in [2.45, 2.75) is 59.8 Å². The minimum Gasteiger partial charge on any atom is -0.456 e. The van der Waals surface area contributed by atoms with Crippen LogP contribution in [-0.2, 0) is 5.41 Å². The van der Waals surface area contributed by atoms with Crippen LogP contribution in [0.5, 0.6) is 0 Å². The summed E-state index contributed by atoms with van der Waals surface area (Å²) in [5.74, 6) is 1.11. The number of fused-ring (bicyclic) bond motifs is 5. The number of aryl methyl sites for hydroxylation is 2. The topological polar surface area (TPSA) is 22.9 Å². The highest BCUT2D eigenvalue weighted by Crippen LogP contribution is 2.49. The fourth-order valence-corrected chi connectivity index (χ4v) is 11.9. The van der Waals surface area contributed by atoms with Crippen molar-refractivity contribution in [3.8, 4) is 33.6 Å². The lowest BCUT2D eigenvalue weighted by atomic mass is 9.33. The number of hydrogen-bond acceptors (Lipinski definition) is 4. The highest BCUT2D eigenvalue weighted by Gasteiger charge is 2.45. The molecule has 0 bridgehead atoms. The van der Waals surface area contributed by atoms with Crippen LogP contribution in [0, 0.1) is 13.8 Å². The van der Waals surface area contributed by atoms with Crippen LogP contribution >= 0.6 is 0 Å². The normalized spacial score (nSPS) is 12.7. The first-order chi connectivity index (χ1) is 37.0. The second kappa shape index (κ2) is 18.5. The van der Waals surface area contributed by atoms with Crippen LogP contribution in [0.3, 0.4) is 0 Å². The maximum atomic E-state index is 6.49. The van der Waals surface area contributed by atoms with E-state index >= 15 is 0 Å². The number of rotatable bonds is 9. The Balaban J connectivity index is 1.10. The van der Waals surface area contributed by atoms with E-state index in [1.165, 1.54) is 89.3 Å². The molecule has 11 aromatic rings. The van der Waals surface area contributed by atoms with E-state index in [9.17, 15) is 0 Å². The van der Waals surface area contributed by atoms with Crippen LogP contribution in [-0.4, -0.2) is 6.71 Å². The van der Waals surface area contributed by atoms with Gasteiger partial charge in [-0.2, -0.15) is 0 Å². The molecule has 0 saturated heterocycles. The molecule has 0 atom stereocenters. The third-order valence-corrected chi connectivity index (χ3v) is 15.7. The predicted molar refractivity (Wildman–Crippen MR) is 323 cm³/mol. The molecule has 2 aliphatic rings. The maximum absolute atomic E-state index is 6.49. The molecule has 0 N–H and O–H groups in total. The molecule has 5 heteroatoms. The fourth-order valence-electron chi connectivity index (χ4n) is 11.9. The number of furan rings is 1. The Labute approximate surface area is 448 Å². The minimum absolute atomic E-state index is 0.100. The van der Waals surface area contributed by atoms with Crippen LogP contribution in [0.15, 0.2) is 235 Å². The lowest BCUT2D eigenvalue weighted by Gasteiger charge is -2.46. The van der Waals surface area contributed by atoms with Crippen molar-refractivity contribution in [2.24, 2.45) is 0 Å². The van der Waals surface area contributed by atoms with E-state index in [1.807, 2.05) is 12.1 Å². The van der Waals surface area contributed by atoms with Crippen molar-refractivity contribution in [3.05, 3.63) is 253 Å². The van der Waals surface area contributed by atoms with Gasteiger partial charge in [0.15, 0.2) is 0 Å². The van der Waals surface area contributed by atoms with Crippen molar-refractivity contribution in [3.63, 3.8) is 0 Å². The standard InChI is InChI=1S/C71H60BN3O/c1-46(2)53-41-65-69-66(42-53)75(70-47(3)21-19-22-48(70)4)64-36-34-59(73(57-29-15-10-16-30-57)58-31-20-28-51(38-58)68-43-52-27-17-18-32-67(52)76-68)45-62(64)72(69)61-44-56(71(5,6)7)33-35-63(61)74(65)60-39-54(49-23-11-8-12-24-49)37-55(40-60)50-25-13-9-14-26-50/h8-46H,1-7H3. The SMILES string of the molecule is Cc1cccc(C)c1N1c2ccc(N(c3ccccc3)c3cccc(-c4cc5ccccc5o4)c3)cc2B2c3cc(C(C)(C)C)ccc3N(c3cc(-c4ccccc4)cc(-c4ccccc4)c3)c3cc(C(C)C)cc1c32. The largest absolute Gasteiger partial charge is 0.456 e. The van der Waals surface area contributed by atoms with E-state index in [4.69, 9.17) is 4.42 Å². The quantitative estimate of drug-likeness (QED) is 0.134. The molecule has 368 valence electrons. The zero-order chi connectivity index (χ0) is 51.8. The average molecular weight is 982 g/mol. The van der Waals surface area contributed by atoms with Gasteiger partial charge in [0.25, 0.3) is 6.71 Å². The zero-order valence-electron chi connectivity index (χ0n) is 44.3. The number of nitrogens with zero attached hydrogens (tertiary/aromatic N) is 3. The summed E-state index contributed by atoms with van der Waals surface area (Å²) in [6.07, 6.45) is 0. The van der Waals surface area contributed by atoms with E-state index in [-0.39, 0.29) is 18.0 Å². The van der Waals surface area contributed by atoms with E-state index in [0.717, 1.165) is 45.0 Å². The smallest absolute Gasteiger partial charge is 0.252 e. The van der Waals surface area contributed by atoms with Gasteiger partial charge in [0, 0.05) is 56.4 Å². The van der Waals surface area contributed by atoms with E-state index in [0.29, 0.717) is 0 Å². The Morgan fingerprint density at radius 1 is 0.447 bits per heavy atom. The number of anilines is 9. The monoisotopic (exact) mass is 981 g/mol. The highest BCUT2D eigenvalue weighted by molar-refractivity contribution is 7.00. The molecule has 0 radical (unpaired) electrons. The molecule has 4 nitrogen and oxygen atoms in total. The first-order valence-corrected chi connectivity index (χ1v) is 26.8. The molecule has 0 amide bonds. The third-order valence-electron chi connectivity index (χ3n) is 15.7. The van der Waals surface area contributed by atoms with Gasteiger partial charge < -0.3 is 19.1 Å². The maximum Gasteiger partial charge on any atom is 0.252 e. The lowest BCUT2D eigenvalue weighted by Crippen LogP contribution is -2.61. The van der Waals surface area contributed by atoms with Crippen LogP contribution in [0.1, 0.15) is 62.8 Å². The van der Waals surface area contributed by atoms with E-state index in [1.54, 1.807) is 0 Å². The molecule has 0 unspecified atom stereocenters. The Kier molecular flexibility index (Phi) is 11.5. The third kappa shape index (κ3) is 8.10. The van der Waals surface area contributed by atoms with Crippen molar-refractivity contribution >= 4 is 85.3 Å². The molecular formula is C71H60BN3O. The summed E-state index contributed by atoms with van der Waals surface area (Å²) >= 11 is 0. The van der Waals surface area contributed by atoms with Gasteiger partial charge in [0.05, 0.1) is 5.69 Å². The summed E-state index contributed by atoms with van der Waals surface area (Å²) in [5.41, 5.74) is 25.8. The van der Waals surface area contributed by atoms with Crippen LogP contribution in [0.25, 0.3) is 44.5 Å².